The molecule has 2 amide bonds. The number of amides is 2. The summed E-state index contributed by atoms with van der Waals surface area (Å²) in [5.41, 5.74) is 4.07. The van der Waals surface area contributed by atoms with Crippen LogP contribution in [0, 0.1) is 0 Å². The lowest BCUT2D eigenvalue weighted by Crippen LogP contribution is -2.32. The molecule has 5 nitrogen and oxygen atoms in total. The van der Waals surface area contributed by atoms with E-state index >= 15 is 0 Å². The van der Waals surface area contributed by atoms with Gasteiger partial charge in [-0.2, -0.15) is 0 Å². The van der Waals surface area contributed by atoms with Crippen molar-refractivity contribution >= 4 is 22.7 Å². The zero-order valence-corrected chi connectivity index (χ0v) is 17.1. The number of rotatable bonds is 8. The monoisotopic (exact) mass is 401 g/mol. The van der Waals surface area contributed by atoms with E-state index in [1.807, 2.05) is 47.5 Å². The number of aryl methyl sites for hydroxylation is 1. The van der Waals surface area contributed by atoms with Gasteiger partial charge in [0.25, 0.3) is 5.91 Å². The lowest BCUT2D eigenvalue weighted by atomic mass is 10.1. The average Bonchev–Trinajstić information content (AvgIpc) is 3.70. The molecule has 2 aromatic carbocycles. The van der Waals surface area contributed by atoms with Gasteiger partial charge in [-0.25, -0.2) is 0 Å². The van der Waals surface area contributed by atoms with E-state index in [1.165, 1.54) is 10.9 Å². The van der Waals surface area contributed by atoms with Crippen molar-refractivity contribution < 1.29 is 9.59 Å². The zero-order valence-electron chi connectivity index (χ0n) is 17.1. The van der Waals surface area contributed by atoms with Crippen molar-refractivity contribution in [3.63, 3.8) is 0 Å². The maximum atomic E-state index is 13.0. The molecular formula is C25H27N3O2. The minimum Gasteiger partial charge on any atom is -0.361 e. The number of carbonyl (C=O) groups is 2. The molecule has 1 heterocycles. The van der Waals surface area contributed by atoms with Gasteiger partial charge < -0.3 is 15.2 Å². The number of hydrogen-bond acceptors (Lipinski definition) is 2. The SMILES string of the molecule is O=C(NC1CC1)c1ccc(CN(C(=O)CCc2c[nH]c3ccccc23)C2CC2)cc1. The van der Waals surface area contributed by atoms with Gasteiger partial charge in [0.2, 0.25) is 5.91 Å². The number of fused-ring (bicyclic) bond motifs is 1. The van der Waals surface area contributed by atoms with Crippen LogP contribution in [0.5, 0.6) is 0 Å². The molecule has 5 heteroatoms. The second-order valence-corrected chi connectivity index (χ2v) is 8.56. The summed E-state index contributed by atoms with van der Waals surface area (Å²) in [5, 5.41) is 4.21. The Labute approximate surface area is 176 Å². The minimum atomic E-state index is -0.00194. The van der Waals surface area contributed by atoms with Crippen LogP contribution in [0.15, 0.2) is 54.7 Å². The molecule has 0 spiro atoms. The van der Waals surface area contributed by atoms with E-state index in [-0.39, 0.29) is 11.8 Å². The Balaban J connectivity index is 1.21. The number of nitrogens with one attached hydrogen (secondary N) is 2. The molecule has 0 bridgehead atoms. The fourth-order valence-corrected chi connectivity index (χ4v) is 3.99. The Hall–Kier alpha value is -3.08. The predicted octanol–water partition coefficient (Wildman–Crippen LogP) is 4.18. The van der Waals surface area contributed by atoms with Crippen molar-refractivity contribution in [3.8, 4) is 0 Å². The molecule has 0 saturated heterocycles. The predicted molar refractivity (Wildman–Crippen MR) is 117 cm³/mol. The van der Waals surface area contributed by atoms with Crippen molar-refractivity contribution in [1.82, 2.24) is 15.2 Å². The molecule has 30 heavy (non-hydrogen) atoms. The quantitative estimate of drug-likeness (QED) is 0.595. The first-order chi connectivity index (χ1) is 14.7. The standard InChI is InChI=1S/C25H27N3O2/c29-24(14-9-19-15-26-23-4-2-1-3-22(19)23)28(21-12-13-21)16-17-5-7-18(8-6-17)25(30)27-20-10-11-20/h1-8,15,20-21,26H,9-14,16H2,(H,27,30). The van der Waals surface area contributed by atoms with Gasteiger partial charge in [0.05, 0.1) is 0 Å². The van der Waals surface area contributed by atoms with Crippen molar-refractivity contribution in [2.75, 3.05) is 0 Å². The van der Waals surface area contributed by atoms with Crippen LogP contribution in [-0.4, -0.2) is 33.8 Å². The van der Waals surface area contributed by atoms with Gasteiger partial charge in [-0.1, -0.05) is 30.3 Å². The zero-order chi connectivity index (χ0) is 20.5. The third-order valence-corrected chi connectivity index (χ3v) is 6.07. The van der Waals surface area contributed by atoms with E-state index in [4.69, 9.17) is 0 Å². The molecule has 0 atom stereocenters. The maximum Gasteiger partial charge on any atom is 0.251 e. The normalized spacial score (nSPS) is 15.9. The first-order valence-corrected chi connectivity index (χ1v) is 10.9. The summed E-state index contributed by atoms with van der Waals surface area (Å²) in [6.45, 7) is 0.613. The summed E-state index contributed by atoms with van der Waals surface area (Å²) < 4.78 is 0. The Bertz CT molecular complexity index is 1060. The van der Waals surface area contributed by atoms with E-state index in [9.17, 15) is 9.59 Å². The number of benzene rings is 2. The third-order valence-electron chi connectivity index (χ3n) is 6.07. The molecule has 2 saturated carbocycles. The first kappa shape index (κ1) is 18.9. The van der Waals surface area contributed by atoms with Crippen LogP contribution in [0.3, 0.4) is 0 Å². The van der Waals surface area contributed by atoms with Gasteiger partial charge >= 0.3 is 0 Å². The number of carbonyl (C=O) groups excluding carboxylic acids is 2. The van der Waals surface area contributed by atoms with Gasteiger partial charge in [0.15, 0.2) is 0 Å². The summed E-state index contributed by atoms with van der Waals surface area (Å²) in [4.78, 5) is 30.5. The smallest absolute Gasteiger partial charge is 0.251 e. The number of para-hydroxylation sites is 1. The van der Waals surface area contributed by atoms with Crippen molar-refractivity contribution in [2.24, 2.45) is 0 Å². The maximum absolute atomic E-state index is 13.0. The van der Waals surface area contributed by atoms with Crippen LogP contribution >= 0.6 is 0 Å². The Morgan fingerprint density at radius 1 is 1.00 bits per heavy atom. The van der Waals surface area contributed by atoms with Gasteiger partial charge in [-0.05, 0) is 61.4 Å². The summed E-state index contributed by atoms with van der Waals surface area (Å²) in [6, 6.07) is 16.6. The molecule has 154 valence electrons. The summed E-state index contributed by atoms with van der Waals surface area (Å²) in [5.74, 6) is 0.205. The van der Waals surface area contributed by atoms with Crippen LogP contribution in [0.1, 0.15) is 53.6 Å². The van der Waals surface area contributed by atoms with Gasteiger partial charge in [-0.3, -0.25) is 9.59 Å². The molecule has 2 fully saturated rings. The molecule has 2 aliphatic rings. The number of nitrogens with zero attached hydrogens (tertiary/aromatic N) is 1. The molecule has 1 aromatic heterocycles. The van der Waals surface area contributed by atoms with E-state index in [0.29, 0.717) is 30.6 Å². The second kappa shape index (κ2) is 7.98. The number of hydrogen-bond donors (Lipinski definition) is 2. The lowest BCUT2D eigenvalue weighted by molar-refractivity contribution is -0.132. The highest BCUT2D eigenvalue weighted by molar-refractivity contribution is 5.94. The van der Waals surface area contributed by atoms with E-state index < -0.39 is 0 Å². The van der Waals surface area contributed by atoms with Crippen molar-refractivity contribution in [2.45, 2.75) is 57.2 Å². The van der Waals surface area contributed by atoms with E-state index in [0.717, 1.165) is 43.2 Å². The minimum absolute atomic E-state index is 0.00194. The first-order valence-electron chi connectivity index (χ1n) is 10.9. The van der Waals surface area contributed by atoms with E-state index in [1.54, 1.807) is 0 Å². The Kier molecular flexibility index (Phi) is 5.03. The van der Waals surface area contributed by atoms with Crippen molar-refractivity contribution in [3.05, 3.63) is 71.4 Å². The third kappa shape index (κ3) is 4.25. The Morgan fingerprint density at radius 2 is 1.77 bits per heavy atom. The number of aromatic nitrogens is 1. The highest BCUT2D eigenvalue weighted by Crippen LogP contribution is 2.30. The molecule has 2 N–H and O–H groups in total. The average molecular weight is 402 g/mol. The second-order valence-electron chi connectivity index (χ2n) is 8.56. The molecule has 0 aliphatic heterocycles. The Morgan fingerprint density at radius 3 is 2.50 bits per heavy atom. The summed E-state index contributed by atoms with van der Waals surface area (Å²) in [7, 11) is 0. The number of H-pyrrole nitrogens is 1. The fraction of sp³-hybridized carbons (Fsp3) is 0.360. The summed E-state index contributed by atoms with van der Waals surface area (Å²) >= 11 is 0. The van der Waals surface area contributed by atoms with Crippen LogP contribution in [0.25, 0.3) is 10.9 Å². The number of aromatic amines is 1. The summed E-state index contributed by atoms with van der Waals surface area (Å²) in [6.07, 6.45) is 7.61. The van der Waals surface area contributed by atoms with Crippen LogP contribution in [0.2, 0.25) is 0 Å². The highest BCUT2D eigenvalue weighted by atomic mass is 16.2. The lowest BCUT2D eigenvalue weighted by Gasteiger charge is -2.23. The molecule has 2 aliphatic carbocycles. The molecular weight excluding hydrogens is 374 g/mol. The highest BCUT2D eigenvalue weighted by Gasteiger charge is 2.32. The van der Waals surface area contributed by atoms with Crippen LogP contribution < -0.4 is 5.32 Å². The van der Waals surface area contributed by atoms with E-state index in [2.05, 4.69) is 22.4 Å². The largest absolute Gasteiger partial charge is 0.361 e. The van der Waals surface area contributed by atoms with Gasteiger partial charge in [-0.15, -0.1) is 0 Å². The van der Waals surface area contributed by atoms with Gasteiger partial charge in [0.1, 0.15) is 0 Å². The molecule has 5 rings (SSSR count). The van der Waals surface area contributed by atoms with Gasteiger partial charge in [0, 0.05) is 47.7 Å². The topological polar surface area (TPSA) is 65.2 Å². The molecule has 0 unspecified atom stereocenters. The fourth-order valence-electron chi connectivity index (χ4n) is 3.99. The van der Waals surface area contributed by atoms with Crippen LogP contribution in [0.4, 0.5) is 0 Å². The molecule has 3 aromatic rings. The van der Waals surface area contributed by atoms with Crippen LogP contribution in [-0.2, 0) is 17.8 Å². The van der Waals surface area contributed by atoms with Crippen molar-refractivity contribution in [1.29, 1.82) is 0 Å². The molecule has 0 radical (unpaired) electrons.